The van der Waals surface area contributed by atoms with Crippen LogP contribution in [0.4, 0.5) is 0 Å². The average Bonchev–Trinajstić information content (AvgIpc) is 2.81. The van der Waals surface area contributed by atoms with Crippen LogP contribution in [-0.2, 0) is 0 Å². The summed E-state index contributed by atoms with van der Waals surface area (Å²) in [5, 5.41) is 11.8. The summed E-state index contributed by atoms with van der Waals surface area (Å²) in [5.41, 5.74) is 7.06. The summed E-state index contributed by atoms with van der Waals surface area (Å²) < 4.78 is 2.55. The monoisotopic (exact) mass is 280 g/mol. The molecule has 0 amide bonds. The fourth-order valence-corrected chi connectivity index (χ4v) is 1.99. The largest absolute Gasteiger partial charge is 0.409 e. The van der Waals surface area contributed by atoms with E-state index in [0.29, 0.717) is 5.56 Å². The van der Waals surface area contributed by atoms with Gasteiger partial charge >= 0.3 is 0 Å². The maximum Gasteiger partial charge on any atom is 0.173 e. The average molecular weight is 281 g/mol. The number of imidazole rings is 1. The maximum atomic E-state index is 8.75. The van der Waals surface area contributed by atoms with Gasteiger partial charge in [0.2, 0.25) is 0 Å². The quantitative estimate of drug-likeness (QED) is 0.381. The molecule has 1 aromatic carbocycles. The molecule has 0 radical (unpaired) electrons. The van der Waals surface area contributed by atoms with Crippen LogP contribution >= 0.6 is 15.9 Å². The molecule has 0 aliphatic carbocycles. The van der Waals surface area contributed by atoms with Crippen LogP contribution in [0.15, 0.2) is 46.5 Å². The van der Waals surface area contributed by atoms with Gasteiger partial charge in [0, 0.05) is 16.9 Å². The van der Waals surface area contributed by atoms with E-state index in [1.54, 1.807) is 23.3 Å². The Hall–Kier alpha value is -1.82. The number of hydrogen-bond acceptors (Lipinski definition) is 3. The molecule has 0 saturated heterocycles. The third-order valence-corrected chi connectivity index (χ3v) is 2.80. The fraction of sp³-hybridized carbons (Fsp3) is 0. The second kappa shape index (κ2) is 4.36. The van der Waals surface area contributed by atoms with Gasteiger partial charge in [0.05, 0.1) is 17.6 Å². The van der Waals surface area contributed by atoms with E-state index in [1.165, 1.54) is 0 Å². The number of nitrogens with two attached hydrogens (primary N) is 1. The predicted molar refractivity (Wildman–Crippen MR) is 63.8 cm³/mol. The first-order valence-electron chi connectivity index (χ1n) is 4.49. The Bertz CT molecular complexity index is 522. The highest BCUT2D eigenvalue weighted by molar-refractivity contribution is 9.10. The molecule has 6 heteroatoms. The molecular weight excluding hydrogens is 272 g/mol. The third-order valence-electron chi connectivity index (χ3n) is 2.14. The van der Waals surface area contributed by atoms with E-state index in [9.17, 15) is 0 Å². The van der Waals surface area contributed by atoms with E-state index >= 15 is 0 Å². The van der Waals surface area contributed by atoms with E-state index in [-0.39, 0.29) is 5.84 Å². The Kier molecular flexibility index (Phi) is 2.91. The van der Waals surface area contributed by atoms with Gasteiger partial charge in [-0.05, 0) is 28.1 Å². The molecule has 0 saturated carbocycles. The number of hydrogen-bond donors (Lipinski definition) is 2. The van der Waals surface area contributed by atoms with Crippen molar-refractivity contribution in [2.45, 2.75) is 0 Å². The van der Waals surface area contributed by atoms with Gasteiger partial charge < -0.3 is 15.5 Å². The molecule has 1 aromatic heterocycles. The molecule has 0 aliphatic rings. The van der Waals surface area contributed by atoms with Crippen LogP contribution in [0.2, 0.25) is 0 Å². The Labute approximate surface area is 100 Å². The van der Waals surface area contributed by atoms with Crippen molar-refractivity contribution in [3.05, 3.63) is 47.0 Å². The molecule has 0 atom stereocenters. The van der Waals surface area contributed by atoms with Crippen molar-refractivity contribution in [1.82, 2.24) is 9.55 Å². The van der Waals surface area contributed by atoms with E-state index in [0.717, 1.165) is 10.2 Å². The van der Waals surface area contributed by atoms with E-state index in [1.807, 2.05) is 18.2 Å². The summed E-state index contributed by atoms with van der Waals surface area (Å²) in [6.07, 6.45) is 5.10. The lowest BCUT2D eigenvalue weighted by molar-refractivity contribution is 0.318. The first-order chi connectivity index (χ1) is 7.74. The molecule has 0 bridgehead atoms. The molecule has 2 aromatic rings. The van der Waals surface area contributed by atoms with Gasteiger partial charge in [-0.1, -0.05) is 11.2 Å². The topological polar surface area (TPSA) is 76.4 Å². The number of amidine groups is 1. The first kappa shape index (κ1) is 10.7. The standard InChI is InChI=1S/C10H9BrN4O/c11-7-2-1-3-8(9(7)10(12)14-16)15-5-4-13-6-15/h1-6,16H,(H2,12,14). The first-order valence-corrected chi connectivity index (χ1v) is 5.28. The second-order valence-corrected chi connectivity index (χ2v) is 3.94. The minimum absolute atomic E-state index is 0.0520. The molecule has 0 fully saturated rings. The highest BCUT2D eigenvalue weighted by Gasteiger charge is 2.12. The smallest absolute Gasteiger partial charge is 0.173 e. The summed E-state index contributed by atoms with van der Waals surface area (Å²) in [5.74, 6) is 0.0520. The normalized spacial score (nSPS) is 11.7. The molecule has 1 heterocycles. The predicted octanol–water partition coefficient (Wildman–Crippen LogP) is 1.73. The van der Waals surface area contributed by atoms with Crippen LogP contribution < -0.4 is 5.73 Å². The molecule has 0 unspecified atom stereocenters. The van der Waals surface area contributed by atoms with Crippen molar-refractivity contribution >= 4 is 21.8 Å². The summed E-state index contributed by atoms with van der Waals surface area (Å²) in [6, 6.07) is 5.56. The number of aromatic nitrogens is 2. The lowest BCUT2D eigenvalue weighted by Crippen LogP contribution is -2.16. The Morgan fingerprint density at radius 2 is 2.31 bits per heavy atom. The lowest BCUT2D eigenvalue weighted by atomic mass is 10.1. The molecular formula is C10H9BrN4O. The number of rotatable bonds is 2. The van der Waals surface area contributed by atoms with E-state index in [2.05, 4.69) is 26.1 Å². The number of halogens is 1. The highest BCUT2D eigenvalue weighted by Crippen LogP contribution is 2.23. The fourth-order valence-electron chi connectivity index (χ4n) is 1.43. The third kappa shape index (κ3) is 1.79. The Balaban J connectivity index is 2.67. The number of nitrogens with zero attached hydrogens (tertiary/aromatic N) is 3. The highest BCUT2D eigenvalue weighted by atomic mass is 79.9. The van der Waals surface area contributed by atoms with Gasteiger partial charge in [-0.25, -0.2) is 4.98 Å². The molecule has 16 heavy (non-hydrogen) atoms. The number of oxime groups is 1. The Morgan fingerprint density at radius 1 is 1.50 bits per heavy atom. The summed E-state index contributed by atoms with van der Waals surface area (Å²) in [4.78, 5) is 3.96. The Morgan fingerprint density at radius 3 is 2.94 bits per heavy atom. The maximum absolute atomic E-state index is 8.75. The lowest BCUT2D eigenvalue weighted by Gasteiger charge is -2.10. The number of benzene rings is 1. The van der Waals surface area contributed by atoms with Gasteiger partial charge in [0.1, 0.15) is 0 Å². The van der Waals surface area contributed by atoms with Crippen molar-refractivity contribution in [3.63, 3.8) is 0 Å². The van der Waals surface area contributed by atoms with Crippen LogP contribution in [-0.4, -0.2) is 20.6 Å². The minimum Gasteiger partial charge on any atom is -0.409 e. The van der Waals surface area contributed by atoms with Crippen molar-refractivity contribution in [2.24, 2.45) is 10.9 Å². The summed E-state index contributed by atoms with van der Waals surface area (Å²) >= 11 is 3.37. The van der Waals surface area contributed by atoms with Crippen molar-refractivity contribution < 1.29 is 5.21 Å². The van der Waals surface area contributed by atoms with Gasteiger partial charge in [0.25, 0.3) is 0 Å². The van der Waals surface area contributed by atoms with Crippen molar-refractivity contribution in [3.8, 4) is 5.69 Å². The molecule has 2 rings (SSSR count). The molecule has 3 N–H and O–H groups in total. The zero-order valence-corrected chi connectivity index (χ0v) is 9.79. The summed E-state index contributed by atoms with van der Waals surface area (Å²) in [6.45, 7) is 0. The summed E-state index contributed by atoms with van der Waals surface area (Å²) in [7, 11) is 0. The van der Waals surface area contributed by atoms with E-state index in [4.69, 9.17) is 10.9 Å². The van der Waals surface area contributed by atoms with Gasteiger partial charge in [-0.3, -0.25) is 0 Å². The van der Waals surface area contributed by atoms with Crippen molar-refractivity contribution in [2.75, 3.05) is 0 Å². The van der Waals surface area contributed by atoms with Gasteiger partial charge in [0.15, 0.2) is 5.84 Å². The van der Waals surface area contributed by atoms with Crippen LogP contribution in [0.1, 0.15) is 5.56 Å². The molecule has 82 valence electrons. The van der Waals surface area contributed by atoms with Gasteiger partial charge in [-0.15, -0.1) is 0 Å². The van der Waals surface area contributed by atoms with Crippen LogP contribution in [0.25, 0.3) is 5.69 Å². The van der Waals surface area contributed by atoms with Gasteiger partial charge in [-0.2, -0.15) is 0 Å². The van der Waals surface area contributed by atoms with Crippen LogP contribution in [0.5, 0.6) is 0 Å². The van der Waals surface area contributed by atoms with Crippen molar-refractivity contribution in [1.29, 1.82) is 0 Å². The van der Waals surface area contributed by atoms with Crippen LogP contribution in [0.3, 0.4) is 0 Å². The SMILES string of the molecule is N/C(=N/O)c1c(Br)cccc1-n1ccnc1. The molecule has 0 spiro atoms. The zero-order chi connectivity index (χ0) is 11.5. The second-order valence-electron chi connectivity index (χ2n) is 3.09. The zero-order valence-electron chi connectivity index (χ0n) is 8.21. The minimum atomic E-state index is 0.0520. The van der Waals surface area contributed by atoms with Crippen LogP contribution in [0, 0.1) is 0 Å². The molecule has 5 nitrogen and oxygen atoms in total. The van der Waals surface area contributed by atoms with E-state index < -0.39 is 0 Å². The molecule has 0 aliphatic heterocycles.